The summed E-state index contributed by atoms with van der Waals surface area (Å²) >= 11 is 0. The second kappa shape index (κ2) is 12.8. The van der Waals surface area contributed by atoms with Crippen molar-refractivity contribution < 1.29 is 4.39 Å². The summed E-state index contributed by atoms with van der Waals surface area (Å²) in [5.74, 6) is 0.231. The first-order valence-electron chi connectivity index (χ1n) is 15.1. The van der Waals surface area contributed by atoms with Crippen molar-refractivity contribution in [1.82, 2.24) is 45.3 Å². The van der Waals surface area contributed by atoms with Gasteiger partial charge in [0.2, 0.25) is 0 Å². The number of imidazole rings is 1. The number of aromatic nitrogens is 7. The van der Waals surface area contributed by atoms with Gasteiger partial charge in [-0.1, -0.05) is 30.3 Å². The average molecular weight is 613 g/mol. The topological polar surface area (TPSA) is 123 Å². The molecule has 0 fully saturated rings. The van der Waals surface area contributed by atoms with E-state index in [1.165, 1.54) is 17.7 Å². The van der Waals surface area contributed by atoms with Crippen LogP contribution >= 0.6 is 0 Å². The monoisotopic (exact) mass is 612 g/mol. The summed E-state index contributed by atoms with van der Waals surface area (Å²) in [5, 5.41) is 15.3. The predicted molar refractivity (Wildman–Crippen MR) is 179 cm³/mol. The van der Waals surface area contributed by atoms with E-state index < -0.39 is 0 Å². The summed E-state index contributed by atoms with van der Waals surface area (Å²) in [4.78, 5) is 23.9. The minimum Gasteiger partial charge on any atom is -0.384 e. The molecular formula is C35H33FN10. The third-order valence-corrected chi connectivity index (χ3v) is 7.75. The molecule has 0 radical (unpaired) electrons. The second-order valence-corrected chi connectivity index (χ2v) is 11.5. The number of anilines is 1. The molecule has 0 unspecified atom stereocenters. The quantitative estimate of drug-likeness (QED) is 0.140. The minimum atomic E-state index is -0.321. The summed E-state index contributed by atoms with van der Waals surface area (Å²) in [6.07, 6.45) is 7.13. The summed E-state index contributed by atoms with van der Waals surface area (Å²) in [6, 6.07) is 21.2. The van der Waals surface area contributed by atoms with E-state index in [1.807, 2.05) is 62.9 Å². The molecule has 10 nitrogen and oxygen atoms in total. The standard InChI is InChI=1S/C35H33FN10/c1-46(2)11-10-39-27-14-24(13-26(36)15-27)28-8-9-40-34-32(28)42-35(43-34)33-29-16-30(41-21-31(29)44-45-33)25-12-23(19-38-20-25)18-37-17-22-6-4-3-5-7-22/h3-9,12-16,19-21,37,39H,10-11,17-18H2,1-2H3,(H,44,45)(H,40,42,43). The molecule has 2 aromatic carbocycles. The molecule has 7 aromatic rings. The van der Waals surface area contributed by atoms with Crippen LogP contribution in [0, 0.1) is 5.82 Å². The molecule has 46 heavy (non-hydrogen) atoms. The van der Waals surface area contributed by atoms with Gasteiger partial charge in [-0.25, -0.2) is 14.4 Å². The Labute approximate surface area is 265 Å². The van der Waals surface area contributed by atoms with Crippen LogP contribution in [-0.2, 0) is 13.1 Å². The number of nitrogens with zero attached hydrogens (tertiary/aromatic N) is 6. The Kier molecular flexibility index (Phi) is 8.15. The van der Waals surface area contributed by atoms with Crippen LogP contribution in [-0.4, -0.2) is 67.2 Å². The van der Waals surface area contributed by atoms with Crippen LogP contribution in [0.25, 0.3) is 56.0 Å². The van der Waals surface area contributed by atoms with Gasteiger partial charge in [0.25, 0.3) is 0 Å². The van der Waals surface area contributed by atoms with Crippen LogP contribution in [0.15, 0.2) is 91.5 Å². The lowest BCUT2D eigenvalue weighted by Crippen LogP contribution is -2.20. The Hall–Kier alpha value is -5.52. The first-order chi connectivity index (χ1) is 22.5. The lowest BCUT2D eigenvalue weighted by molar-refractivity contribution is 0.425. The third kappa shape index (κ3) is 6.32. The first-order valence-corrected chi connectivity index (χ1v) is 15.1. The number of halogens is 1. The molecule has 5 heterocycles. The van der Waals surface area contributed by atoms with Gasteiger partial charge < -0.3 is 20.5 Å². The Balaban J connectivity index is 1.17. The fourth-order valence-electron chi connectivity index (χ4n) is 5.46. The summed E-state index contributed by atoms with van der Waals surface area (Å²) in [7, 11) is 4.01. The van der Waals surface area contributed by atoms with E-state index in [-0.39, 0.29) is 5.82 Å². The van der Waals surface area contributed by atoms with E-state index >= 15 is 0 Å². The van der Waals surface area contributed by atoms with Crippen molar-refractivity contribution >= 4 is 27.8 Å². The smallest absolute Gasteiger partial charge is 0.178 e. The zero-order chi connectivity index (χ0) is 31.5. The minimum absolute atomic E-state index is 0.321. The fraction of sp³-hybridized carbons (Fsp3) is 0.171. The van der Waals surface area contributed by atoms with Crippen molar-refractivity contribution in [2.75, 3.05) is 32.5 Å². The van der Waals surface area contributed by atoms with E-state index in [0.717, 1.165) is 51.9 Å². The predicted octanol–water partition coefficient (Wildman–Crippen LogP) is 6.03. The molecule has 11 heteroatoms. The maximum absolute atomic E-state index is 14.7. The normalized spacial score (nSPS) is 11.6. The molecule has 0 aliphatic rings. The SMILES string of the molecule is CN(C)CCNc1cc(F)cc(-c2ccnc3nc(-c4n[nH]c5cnc(-c6cncc(CNCc7ccccc7)c6)cc45)[nH]c23)c1. The number of pyridine rings is 3. The van der Waals surface area contributed by atoms with Gasteiger partial charge in [0.15, 0.2) is 11.5 Å². The van der Waals surface area contributed by atoms with Crippen LogP contribution < -0.4 is 10.6 Å². The molecule has 0 bridgehead atoms. The van der Waals surface area contributed by atoms with Crippen LogP contribution in [0.1, 0.15) is 11.1 Å². The molecule has 0 spiro atoms. The van der Waals surface area contributed by atoms with Gasteiger partial charge in [0.1, 0.15) is 11.5 Å². The molecule has 0 aliphatic carbocycles. The number of hydrogen-bond donors (Lipinski definition) is 4. The van der Waals surface area contributed by atoms with Crippen molar-refractivity contribution in [3.05, 3.63) is 108 Å². The number of benzene rings is 2. The van der Waals surface area contributed by atoms with Gasteiger partial charge in [-0.05, 0) is 67.2 Å². The van der Waals surface area contributed by atoms with Gasteiger partial charge in [-0.2, -0.15) is 5.10 Å². The van der Waals surface area contributed by atoms with E-state index in [4.69, 9.17) is 4.98 Å². The van der Waals surface area contributed by atoms with Crippen LogP contribution in [0.5, 0.6) is 0 Å². The highest BCUT2D eigenvalue weighted by atomic mass is 19.1. The fourth-order valence-corrected chi connectivity index (χ4v) is 5.46. The zero-order valence-corrected chi connectivity index (χ0v) is 25.5. The largest absolute Gasteiger partial charge is 0.384 e. The molecule has 0 aliphatic heterocycles. The number of fused-ring (bicyclic) bond motifs is 2. The molecule has 7 rings (SSSR count). The van der Waals surface area contributed by atoms with Crippen molar-refractivity contribution in [2.45, 2.75) is 13.1 Å². The molecule has 0 saturated heterocycles. The Morgan fingerprint density at radius 3 is 2.61 bits per heavy atom. The number of aromatic amines is 2. The summed E-state index contributed by atoms with van der Waals surface area (Å²) in [6.45, 7) is 2.99. The molecule has 0 atom stereocenters. The van der Waals surface area contributed by atoms with Gasteiger partial charge in [-0.15, -0.1) is 0 Å². The number of H-pyrrole nitrogens is 2. The molecule has 230 valence electrons. The van der Waals surface area contributed by atoms with Crippen molar-refractivity contribution in [3.63, 3.8) is 0 Å². The highest BCUT2D eigenvalue weighted by Crippen LogP contribution is 2.33. The summed E-state index contributed by atoms with van der Waals surface area (Å²) < 4.78 is 14.7. The molecule has 0 amide bonds. The van der Waals surface area contributed by atoms with Crippen LogP contribution in [0.3, 0.4) is 0 Å². The van der Waals surface area contributed by atoms with Gasteiger partial charge in [0, 0.05) is 67.0 Å². The number of hydrogen-bond acceptors (Lipinski definition) is 8. The highest BCUT2D eigenvalue weighted by molar-refractivity contribution is 5.97. The average Bonchev–Trinajstić information content (AvgIpc) is 3.69. The first kappa shape index (κ1) is 29.2. The van der Waals surface area contributed by atoms with E-state index in [9.17, 15) is 4.39 Å². The maximum Gasteiger partial charge on any atom is 0.178 e. The molecule has 4 N–H and O–H groups in total. The number of rotatable bonds is 11. The zero-order valence-electron chi connectivity index (χ0n) is 25.5. The molecule has 5 aromatic heterocycles. The maximum atomic E-state index is 14.7. The Morgan fingerprint density at radius 2 is 1.74 bits per heavy atom. The van der Waals surface area contributed by atoms with Crippen LogP contribution in [0.4, 0.5) is 10.1 Å². The van der Waals surface area contributed by atoms with Gasteiger partial charge >= 0.3 is 0 Å². The Bertz CT molecular complexity index is 2120. The van der Waals surface area contributed by atoms with Gasteiger partial charge in [0.05, 0.1) is 22.9 Å². The van der Waals surface area contributed by atoms with Crippen molar-refractivity contribution in [3.8, 4) is 33.9 Å². The van der Waals surface area contributed by atoms with E-state index in [2.05, 4.69) is 63.9 Å². The molecule has 0 saturated carbocycles. The number of likely N-dealkylation sites (N-methyl/N-ethyl adjacent to an activating group) is 1. The van der Waals surface area contributed by atoms with Crippen molar-refractivity contribution in [2.24, 2.45) is 0 Å². The van der Waals surface area contributed by atoms with E-state index in [1.54, 1.807) is 12.4 Å². The van der Waals surface area contributed by atoms with Crippen LogP contribution in [0.2, 0.25) is 0 Å². The molecular weight excluding hydrogens is 579 g/mol. The van der Waals surface area contributed by atoms with E-state index in [0.29, 0.717) is 41.5 Å². The number of nitrogens with one attached hydrogen (secondary N) is 4. The highest BCUT2D eigenvalue weighted by Gasteiger charge is 2.17. The Morgan fingerprint density at radius 1 is 0.870 bits per heavy atom. The third-order valence-electron chi connectivity index (χ3n) is 7.75. The van der Waals surface area contributed by atoms with Gasteiger partial charge in [-0.3, -0.25) is 15.1 Å². The van der Waals surface area contributed by atoms with Crippen molar-refractivity contribution in [1.29, 1.82) is 0 Å². The lowest BCUT2D eigenvalue weighted by Gasteiger charge is -2.13. The summed E-state index contributed by atoms with van der Waals surface area (Å²) in [5.41, 5.74) is 8.84. The second-order valence-electron chi connectivity index (χ2n) is 11.5. The lowest BCUT2D eigenvalue weighted by atomic mass is 10.0.